The van der Waals surface area contributed by atoms with Gasteiger partial charge in [0.2, 0.25) is 0 Å². The van der Waals surface area contributed by atoms with E-state index in [4.69, 9.17) is 0 Å². The molecule has 0 unspecified atom stereocenters. The van der Waals surface area contributed by atoms with Crippen molar-refractivity contribution in [3.05, 3.63) is 71.3 Å². The Morgan fingerprint density at radius 2 is 1.48 bits per heavy atom. The molecule has 0 radical (unpaired) electrons. The van der Waals surface area contributed by atoms with E-state index in [-0.39, 0.29) is 17.6 Å². The number of hydrogen-bond acceptors (Lipinski definition) is 2. The molecule has 1 amide bonds. The number of Topliss-reactive ketones (excluding diaryl/α,β-unsaturated/α-hetero) is 1. The summed E-state index contributed by atoms with van der Waals surface area (Å²) in [6.45, 7) is 5.58. The van der Waals surface area contributed by atoms with Gasteiger partial charge in [0.1, 0.15) is 0 Å². The van der Waals surface area contributed by atoms with Crippen LogP contribution in [0.1, 0.15) is 58.9 Å². The van der Waals surface area contributed by atoms with Crippen LogP contribution in [0.3, 0.4) is 0 Å². The minimum atomic E-state index is 0.0229. The second-order valence-corrected chi connectivity index (χ2v) is 7.07. The normalized spacial score (nSPS) is 15.4. The molecular formula is C22H25NO2. The Balaban J connectivity index is 1.60. The van der Waals surface area contributed by atoms with Gasteiger partial charge in [-0.15, -0.1) is 0 Å². The quantitative estimate of drug-likeness (QED) is 0.769. The lowest BCUT2D eigenvalue weighted by molar-refractivity contribution is 0.0650. The zero-order valence-electron chi connectivity index (χ0n) is 14.9. The maximum absolute atomic E-state index is 12.7. The molecule has 1 heterocycles. The van der Waals surface area contributed by atoms with Gasteiger partial charge in [0.25, 0.3) is 5.91 Å². The predicted molar refractivity (Wildman–Crippen MR) is 99.9 cm³/mol. The molecular weight excluding hydrogens is 310 g/mol. The third-order valence-electron chi connectivity index (χ3n) is 5.04. The molecule has 1 aliphatic rings. The Bertz CT molecular complexity index is 726. The first kappa shape index (κ1) is 17.4. The zero-order valence-corrected chi connectivity index (χ0v) is 14.9. The molecule has 3 nitrogen and oxygen atoms in total. The molecule has 0 saturated carbocycles. The third kappa shape index (κ3) is 3.98. The van der Waals surface area contributed by atoms with Crippen molar-refractivity contribution in [1.82, 2.24) is 4.90 Å². The van der Waals surface area contributed by atoms with E-state index in [1.807, 2.05) is 59.5 Å². The van der Waals surface area contributed by atoms with E-state index in [1.54, 1.807) is 0 Å². The number of benzene rings is 2. The maximum Gasteiger partial charge on any atom is 0.253 e. The molecule has 130 valence electrons. The summed E-state index contributed by atoms with van der Waals surface area (Å²) in [5, 5.41) is 0. The fourth-order valence-corrected chi connectivity index (χ4v) is 3.38. The number of carbonyl (C=O) groups is 2. The lowest BCUT2D eigenvalue weighted by Gasteiger charge is -2.31. The molecule has 2 aromatic carbocycles. The van der Waals surface area contributed by atoms with Crippen molar-refractivity contribution >= 4 is 11.7 Å². The van der Waals surface area contributed by atoms with Crippen LogP contribution in [0.15, 0.2) is 54.6 Å². The van der Waals surface area contributed by atoms with E-state index in [9.17, 15) is 9.59 Å². The van der Waals surface area contributed by atoms with Crippen LogP contribution in [0, 0.1) is 5.92 Å². The van der Waals surface area contributed by atoms with Crippen LogP contribution in [0.4, 0.5) is 0 Å². The molecule has 0 N–H and O–H groups in total. The molecule has 3 heteroatoms. The zero-order chi connectivity index (χ0) is 17.8. The Kier molecular flexibility index (Phi) is 5.32. The molecule has 0 bridgehead atoms. The van der Waals surface area contributed by atoms with E-state index in [0.29, 0.717) is 19.0 Å². The number of ketones is 1. The van der Waals surface area contributed by atoms with Crippen molar-refractivity contribution in [3.63, 3.8) is 0 Å². The monoisotopic (exact) mass is 335 g/mol. The van der Waals surface area contributed by atoms with Crippen LogP contribution in [0.2, 0.25) is 0 Å². The third-order valence-corrected chi connectivity index (χ3v) is 5.04. The summed E-state index contributed by atoms with van der Waals surface area (Å²) < 4.78 is 0. The average molecular weight is 335 g/mol. The summed E-state index contributed by atoms with van der Waals surface area (Å²) in [6, 6.07) is 17.3. The molecule has 2 aromatic rings. The van der Waals surface area contributed by atoms with Crippen LogP contribution >= 0.6 is 0 Å². The van der Waals surface area contributed by atoms with Gasteiger partial charge in [0.05, 0.1) is 0 Å². The number of rotatable bonds is 4. The molecule has 3 rings (SSSR count). The van der Waals surface area contributed by atoms with E-state index in [1.165, 1.54) is 5.56 Å². The number of hydrogen-bond donors (Lipinski definition) is 0. The number of carbonyl (C=O) groups excluding carboxylic acids is 2. The van der Waals surface area contributed by atoms with Gasteiger partial charge in [-0.1, -0.05) is 56.3 Å². The summed E-state index contributed by atoms with van der Waals surface area (Å²) in [5.74, 6) is 0.758. The van der Waals surface area contributed by atoms with Crippen LogP contribution < -0.4 is 0 Å². The van der Waals surface area contributed by atoms with E-state index in [0.717, 1.165) is 24.0 Å². The highest BCUT2D eigenvalue weighted by atomic mass is 16.2. The summed E-state index contributed by atoms with van der Waals surface area (Å²) >= 11 is 0. The Labute approximate surface area is 149 Å². The van der Waals surface area contributed by atoms with Gasteiger partial charge in [0, 0.05) is 30.1 Å². The lowest BCUT2D eigenvalue weighted by Crippen LogP contribution is -2.40. The Morgan fingerprint density at radius 3 is 2.04 bits per heavy atom. The summed E-state index contributed by atoms with van der Waals surface area (Å²) in [5.41, 5.74) is 2.75. The molecule has 0 aromatic heterocycles. The molecule has 0 spiro atoms. The van der Waals surface area contributed by atoms with Gasteiger partial charge in [-0.05, 0) is 36.5 Å². The van der Waals surface area contributed by atoms with Gasteiger partial charge >= 0.3 is 0 Å². The first-order valence-corrected chi connectivity index (χ1v) is 9.04. The molecule has 0 aliphatic carbocycles. The first-order valence-electron chi connectivity index (χ1n) is 9.04. The standard InChI is InChI=1S/C22H25NO2/c1-16(2)17-8-10-20(11-9-17)22(25)23-14-12-19(13-15-23)21(24)18-6-4-3-5-7-18/h3-11,16,19H,12-15H2,1-2H3. The number of amides is 1. The van der Waals surface area contributed by atoms with Gasteiger partial charge < -0.3 is 4.90 Å². The topological polar surface area (TPSA) is 37.4 Å². The fourth-order valence-electron chi connectivity index (χ4n) is 3.38. The summed E-state index contributed by atoms with van der Waals surface area (Å²) in [4.78, 5) is 27.1. The molecule has 1 saturated heterocycles. The smallest absolute Gasteiger partial charge is 0.253 e. The van der Waals surface area contributed by atoms with Crippen molar-refractivity contribution < 1.29 is 9.59 Å². The van der Waals surface area contributed by atoms with Crippen molar-refractivity contribution in [2.45, 2.75) is 32.6 Å². The fraction of sp³-hybridized carbons (Fsp3) is 0.364. The van der Waals surface area contributed by atoms with Gasteiger partial charge in [-0.25, -0.2) is 0 Å². The van der Waals surface area contributed by atoms with Crippen molar-refractivity contribution in [3.8, 4) is 0 Å². The first-order chi connectivity index (χ1) is 12.1. The van der Waals surface area contributed by atoms with Gasteiger partial charge in [-0.3, -0.25) is 9.59 Å². The van der Waals surface area contributed by atoms with E-state index in [2.05, 4.69) is 13.8 Å². The Morgan fingerprint density at radius 1 is 0.880 bits per heavy atom. The predicted octanol–water partition coefficient (Wildman–Crippen LogP) is 4.55. The molecule has 25 heavy (non-hydrogen) atoms. The van der Waals surface area contributed by atoms with Crippen LogP contribution in [0.5, 0.6) is 0 Å². The van der Waals surface area contributed by atoms with Crippen LogP contribution in [-0.2, 0) is 0 Å². The van der Waals surface area contributed by atoms with Gasteiger partial charge in [0.15, 0.2) is 5.78 Å². The molecule has 0 atom stereocenters. The lowest BCUT2D eigenvalue weighted by atomic mass is 9.88. The number of likely N-dealkylation sites (tertiary alicyclic amines) is 1. The Hall–Kier alpha value is -2.42. The second-order valence-electron chi connectivity index (χ2n) is 7.07. The minimum absolute atomic E-state index is 0.0229. The van der Waals surface area contributed by atoms with Crippen molar-refractivity contribution in [1.29, 1.82) is 0 Å². The largest absolute Gasteiger partial charge is 0.339 e. The van der Waals surface area contributed by atoms with Crippen LogP contribution in [0.25, 0.3) is 0 Å². The summed E-state index contributed by atoms with van der Waals surface area (Å²) in [6.07, 6.45) is 1.48. The van der Waals surface area contributed by atoms with Gasteiger partial charge in [-0.2, -0.15) is 0 Å². The number of nitrogens with zero attached hydrogens (tertiary/aromatic N) is 1. The summed E-state index contributed by atoms with van der Waals surface area (Å²) in [7, 11) is 0. The highest BCUT2D eigenvalue weighted by Gasteiger charge is 2.28. The van der Waals surface area contributed by atoms with Crippen LogP contribution in [-0.4, -0.2) is 29.7 Å². The minimum Gasteiger partial charge on any atom is -0.339 e. The molecule has 1 aliphatic heterocycles. The van der Waals surface area contributed by atoms with Crippen molar-refractivity contribution in [2.24, 2.45) is 5.92 Å². The van der Waals surface area contributed by atoms with E-state index >= 15 is 0 Å². The average Bonchev–Trinajstić information content (AvgIpc) is 2.67. The SMILES string of the molecule is CC(C)c1ccc(C(=O)N2CCC(C(=O)c3ccccc3)CC2)cc1. The molecule has 1 fully saturated rings. The highest BCUT2D eigenvalue weighted by Crippen LogP contribution is 2.23. The van der Waals surface area contributed by atoms with E-state index < -0.39 is 0 Å². The number of piperidine rings is 1. The second kappa shape index (κ2) is 7.64. The highest BCUT2D eigenvalue weighted by molar-refractivity contribution is 5.98. The maximum atomic E-state index is 12.7. The van der Waals surface area contributed by atoms with Crippen molar-refractivity contribution in [2.75, 3.05) is 13.1 Å².